The summed E-state index contributed by atoms with van der Waals surface area (Å²) in [6.45, 7) is 1.89. The number of halogens is 1. The summed E-state index contributed by atoms with van der Waals surface area (Å²) in [5.74, 6) is 5.03. The summed E-state index contributed by atoms with van der Waals surface area (Å²) < 4.78 is 32.5. The van der Waals surface area contributed by atoms with Gasteiger partial charge in [-0.15, -0.1) is 0 Å². The van der Waals surface area contributed by atoms with Gasteiger partial charge in [-0.25, -0.2) is 0 Å². The number of hydrogen-bond acceptors (Lipinski definition) is 7. The molecule has 234 valence electrons. The highest BCUT2D eigenvalue weighted by Gasteiger charge is 2.34. The smallest absolute Gasteiger partial charge is 0.204 e. The molecule has 0 N–H and O–H groups in total. The number of likely N-dealkylation sites (N-methyl/N-ethyl adjacent to an activating group) is 2. The number of nitrogens with zero attached hydrogens (tertiary/aromatic N) is 2. The molecule has 6 bridgehead atoms. The molecule has 0 aliphatic carbocycles. The molecule has 4 heterocycles. The van der Waals surface area contributed by atoms with Crippen LogP contribution in [-0.2, 0) is 25.7 Å². The maximum absolute atomic E-state index is 7.03. The Bertz CT molecular complexity index is 1740. The lowest BCUT2D eigenvalue weighted by Gasteiger charge is -2.37. The SMILES string of the molecule is COc1cc2c3cc1Oc1c(OC)c(OC)cc4c1C(Cc1ccc(I)c(c1)Oc1ccc(cc1)CC3N(C)CC2)N(C)CC4. The van der Waals surface area contributed by atoms with Crippen LogP contribution < -0.4 is 23.7 Å². The van der Waals surface area contributed by atoms with Crippen molar-refractivity contribution in [2.75, 3.05) is 48.5 Å². The van der Waals surface area contributed by atoms with Gasteiger partial charge in [-0.05, 0) is 133 Å². The van der Waals surface area contributed by atoms with Gasteiger partial charge in [0.1, 0.15) is 11.5 Å². The molecule has 4 aromatic rings. The first kappa shape index (κ1) is 30.2. The van der Waals surface area contributed by atoms with Crippen LogP contribution in [-0.4, -0.2) is 58.3 Å². The van der Waals surface area contributed by atoms with Crippen LogP contribution in [0.1, 0.15) is 45.5 Å². The van der Waals surface area contributed by atoms with E-state index in [1.54, 1.807) is 21.3 Å². The zero-order chi connectivity index (χ0) is 31.2. The minimum absolute atomic E-state index is 0.0390. The fourth-order valence-electron chi connectivity index (χ4n) is 7.10. The monoisotopic (exact) mass is 718 g/mol. The van der Waals surface area contributed by atoms with Gasteiger partial charge in [-0.2, -0.15) is 0 Å². The normalized spacial score (nSPS) is 19.4. The average molecular weight is 719 g/mol. The zero-order valence-corrected chi connectivity index (χ0v) is 28.6. The van der Waals surface area contributed by atoms with E-state index < -0.39 is 0 Å². The Hall–Kier alpha value is -3.47. The Balaban J connectivity index is 1.47. The lowest BCUT2D eigenvalue weighted by Crippen LogP contribution is -2.34. The molecular weight excluding hydrogens is 679 g/mol. The van der Waals surface area contributed by atoms with E-state index in [2.05, 4.69) is 107 Å². The maximum Gasteiger partial charge on any atom is 0.204 e. The van der Waals surface area contributed by atoms with E-state index in [-0.39, 0.29) is 12.1 Å². The molecule has 7 nitrogen and oxygen atoms in total. The molecule has 0 spiro atoms. The lowest BCUT2D eigenvalue weighted by atomic mass is 9.87. The maximum atomic E-state index is 7.03. The molecule has 45 heavy (non-hydrogen) atoms. The van der Waals surface area contributed by atoms with Crippen LogP contribution in [0.3, 0.4) is 0 Å². The topological polar surface area (TPSA) is 52.6 Å². The summed E-state index contributed by atoms with van der Waals surface area (Å²) >= 11 is 2.36. The molecule has 8 rings (SSSR count). The molecule has 8 heteroatoms. The molecule has 4 aromatic carbocycles. The molecular formula is C37H39IN2O5. The third kappa shape index (κ3) is 5.61. The van der Waals surface area contributed by atoms with Crippen molar-refractivity contribution in [2.45, 2.75) is 37.8 Å². The van der Waals surface area contributed by atoms with E-state index in [1.807, 2.05) is 0 Å². The van der Waals surface area contributed by atoms with Gasteiger partial charge >= 0.3 is 0 Å². The van der Waals surface area contributed by atoms with Crippen molar-refractivity contribution in [1.82, 2.24) is 9.80 Å². The van der Waals surface area contributed by atoms with Crippen LogP contribution in [0.2, 0.25) is 0 Å². The van der Waals surface area contributed by atoms with Crippen molar-refractivity contribution >= 4 is 22.6 Å². The largest absolute Gasteiger partial charge is 0.493 e. The molecule has 2 atom stereocenters. The highest BCUT2D eigenvalue weighted by Crippen LogP contribution is 2.51. The average Bonchev–Trinajstić information content (AvgIpc) is 3.05. The summed E-state index contributed by atoms with van der Waals surface area (Å²) in [6.07, 6.45) is 3.47. The van der Waals surface area contributed by atoms with Crippen molar-refractivity contribution in [3.63, 3.8) is 0 Å². The van der Waals surface area contributed by atoms with E-state index in [0.29, 0.717) is 23.0 Å². The van der Waals surface area contributed by atoms with Gasteiger partial charge in [0.05, 0.1) is 24.9 Å². The van der Waals surface area contributed by atoms with E-state index in [9.17, 15) is 0 Å². The summed E-state index contributed by atoms with van der Waals surface area (Å²) in [5.41, 5.74) is 7.31. The minimum atomic E-state index is 0.0390. The predicted molar refractivity (Wildman–Crippen MR) is 184 cm³/mol. The van der Waals surface area contributed by atoms with Gasteiger partial charge in [0, 0.05) is 30.7 Å². The van der Waals surface area contributed by atoms with Gasteiger partial charge in [0.2, 0.25) is 5.75 Å². The van der Waals surface area contributed by atoms with Crippen molar-refractivity contribution in [1.29, 1.82) is 0 Å². The molecule has 0 fully saturated rings. The van der Waals surface area contributed by atoms with Crippen LogP contribution in [0.25, 0.3) is 0 Å². The Kier molecular flexibility index (Phi) is 8.31. The quantitative estimate of drug-likeness (QED) is 0.201. The van der Waals surface area contributed by atoms with Crippen LogP contribution in [0.4, 0.5) is 0 Å². The first-order valence-electron chi connectivity index (χ1n) is 15.5. The van der Waals surface area contributed by atoms with Gasteiger partial charge < -0.3 is 23.7 Å². The number of rotatable bonds is 3. The standard InChI is InChI=1S/C37H39IN2O5/c1-39-14-12-24-19-32(41-3)33-21-27(24)29(39)16-22-6-9-26(10-7-22)44-31-18-23(8-11-28(31)38)17-30-35-25(13-15-40(30)2)20-34(42-4)36(43-5)37(35)45-33/h6-11,18-21,29-30H,12-17H2,1-5H3. The Morgan fingerprint density at radius 1 is 0.689 bits per heavy atom. The minimum Gasteiger partial charge on any atom is -0.493 e. The fourth-order valence-corrected chi connectivity index (χ4v) is 7.55. The van der Waals surface area contributed by atoms with E-state index in [0.717, 1.165) is 65.2 Å². The summed E-state index contributed by atoms with van der Waals surface area (Å²) in [4.78, 5) is 4.85. The van der Waals surface area contributed by atoms with E-state index in [4.69, 9.17) is 23.7 Å². The van der Waals surface area contributed by atoms with Crippen LogP contribution >= 0.6 is 22.6 Å². The van der Waals surface area contributed by atoms with Crippen molar-refractivity contribution < 1.29 is 23.7 Å². The second kappa shape index (κ2) is 12.4. The van der Waals surface area contributed by atoms with Gasteiger partial charge in [-0.1, -0.05) is 18.2 Å². The lowest BCUT2D eigenvalue weighted by molar-refractivity contribution is 0.220. The van der Waals surface area contributed by atoms with Gasteiger partial charge in [0.25, 0.3) is 0 Å². The number of methoxy groups -OCH3 is 3. The number of fused-ring (bicyclic) bond motifs is 2. The van der Waals surface area contributed by atoms with Gasteiger partial charge in [-0.3, -0.25) is 9.80 Å². The number of hydrogen-bond donors (Lipinski definition) is 0. The van der Waals surface area contributed by atoms with E-state index >= 15 is 0 Å². The van der Waals surface area contributed by atoms with Crippen molar-refractivity contribution in [2.24, 2.45) is 0 Å². The molecule has 4 aliphatic heterocycles. The second-order valence-corrected chi connectivity index (χ2v) is 13.4. The number of benzene rings is 4. The molecule has 0 radical (unpaired) electrons. The third-order valence-corrected chi connectivity index (χ3v) is 10.5. The highest BCUT2D eigenvalue weighted by atomic mass is 127. The molecule has 0 amide bonds. The second-order valence-electron chi connectivity index (χ2n) is 12.2. The third-order valence-electron chi connectivity index (χ3n) is 9.62. The Labute approximate surface area is 279 Å². The van der Waals surface area contributed by atoms with Crippen LogP contribution in [0, 0.1) is 3.57 Å². The van der Waals surface area contributed by atoms with Crippen LogP contribution in [0.5, 0.6) is 40.2 Å². The van der Waals surface area contributed by atoms with Crippen LogP contribution in [0.15, 0.2) is 60.7 Å². The highest BCUT2D eigenvalue weighted by molar-refractivity contribution is 14.1. The van der Waals surface area contributed by atoms with Crippen molar-refractivity contribution in [3.05, 3.63) is 97.6 Å². The van der Waals surface area contributed by atoms with Gasteiger partial charge in [0.15, 0.2) is 23.0 Å². The zero-order valence-electron chi connectivity index (χ0n) is 26.5. The summed E-state index contributed by atoms with van der Waals surface area (Å²) in [5, 5.41) is 0. The summed E-state index contributed by atoms with van der Waals surface area (Å²) in [6, 6.07) is 21.7. The molecule has 0 saturated heterocycles. The molecule has 2 unspecified atom stereocenters. The Morgan fingerprint density at radius 3 is 2.09 bits per heavy atom. The molecule has 0 aromatic heterocycles. The van der Waals surface area contributed by atoms with E-state index in [1.165, 1.54) is 27.8 Å². The molecule has 4 aliphatic rings. The summed E-state index contributed by atoms with van der Waals surface area (Å²) in [7, 11) is 9.47. The predicted octanol–water partition coefficient (Wildman–Crippen LogP) is 7.76. The first-order chi connectivity index (χ1) is 21.9. The number of ether oxygens (including phenoxy) is 5. The first-order valence-corrected chi connectivity index (χ1v) is 16.6. The fraction of sp³-hybridized carbons (Fsp3) is 0.351. The Morgan fingerprint density at radius 2 is 1.36 bits per heavy atom. The van der Waals surface area contributed by atoms with Crippen molar-refractivity contribution in [3.8, 4) is 40.2 Å². The molecule has 0 saturated carbocycles.